The lowest BCUT2D eigenvalue weighted by atomic mass is 9.74. The Hall–Kier alpha value is -1.10. The first-order valence-electron chi connectivity index (χ1n) is 7.51. The zero-order valence-corrected chi connectivity index (χ0v) is 13.0. The Morgan fingerprint density at radius 2 is 1.95 bits per heavy atom. The van der Waals surface area contributed by atoms with Crippen LogP contribution in [0.3, 0.4) is 0 Å². The Morgan fingerprint density at radius 3 is 2.62 bits per heavy atom. The van der Waals surface area contributed by atoms with Crippen LogP contribution < -0.4 is 10.6 Å². The minimum Gasteiger partial charge on any atom is -0.396 e. The summed E-state index contributed by atoms with van der Waals surface area (Å²) in [6, 6.07) is 7.17. The maximum absolute atomic E-state index is 11.9. The average Bonchev–Trinajstić information content (AvgIpc) is 2.50. The summed E-state index contributed by atoms with van der Waals surface area (Å²) in [6.45, 7) is 1.10. The van der Waals surface area contributed by atoms with Crippen molar-refractivity contribution in [1.82, 2.24) is 5.32 Å². The third-order valence-electron chi connectivity index (χ3n) is 4.18. The fourth-order valence-corrected chi connectivity index (χ4v) is 3.07. The number of carbonyl (C=O) groups excluding carboxylic acids is 1. The van der Waals surface area contributed by atoms with Crippen LogP contribution in [-0.4, -0.2) is 30.7 Å². The summed E-state index contributed by atoms with van der Waals surface area (Å²) in [4.78, 5) is 11.9. The summed E-state index contributed by atoms with van der Waals surface area (Å²) in [5, 5.41) is 16.1. The molecule has 0 saturated heterocycles. The molecule has 1 aromatic carbocycles. The van der Waals surface area contributed by atoms with E-state index in [1.807, 2.05) is 12.1 Å². The molecule has 4 nitrogen and oxygen atoms in total. The molecule has 0 aliphatic heterocycles. The first-order valence-corrected chi connectivity index (χ1v) is 7.89. The van der Waals surface area contributed by atoms with Crippen molar-refractivity contribution in [2.24, 2.45) is 5.41 Å². The van der Waals surface area contributed by atoms with Crippen LogP contribution in [0.25, 0.3) is 0 Å². The number of aliphatic hydroxyl groups is 1. The molecule has 0 aromatic heterocycles. The number of halogens is 1. The van der Waals surface area contributed by atoms with Crippen molar-refractivity contribution in [1.29, 1.82) is 0 Å². The molecular formula is C16H23ClN2O2. The van der Waals surface area contributed by atoms with Gasteiger partial charge in [-0.3, -0.25) is 4.79 Å². The van der Waals surface area contributed by atoms with Crippen molar-refractivity contribution < 1.29 is 9.90 Å². The molecule has 0 heterocycles. The van der Waals surface area contributed by atoms with Crippen LogP contribution in [0.2, 0.25) is 5.02 Å². The minimum absolute atomic E-state index is 0.0527. The molecule has 0 spiro atoms. The Bertz CT molecular complexity index is 473. The van der Waals surface area contributed by atoms with E-state index in [0.29, 0.717) is 17.3 Å². The summed E-state index contributed by atoms with van der Waals surface area (Å²) in [7, 11) is 0. The van der Waals surface area contributed by atoms with E-state index in [4.69, 9.17) is 11.6 Å². The average molecular weight is 311 g/mol. The van der Waals surface area contributed by atoms with Crippen molar-refractivity contribution in [3.8, 4) is 0 Å². The Kier molecular flexibility index (Phi) is 6.03. The number of anilines is 1. The van der Waals surface area contributed by atoms with E-state index >= 15 is 0 Å². The predicted molar refractivity (Wildman–Crippen MR) is 85.6 cm³/mol. The molecule has 0 atom stereocenters. The van der Waals surface area contributed by atoms with Gasteiger partial charge in [0.2, 0.25) is 5.91 Å². The van der Waals surface area contributed by atoms with E-state index in [1.54, 1.807) is 12.1 Å². The smallest absolute Gasteiger partial charge is 0.238 e. The van der Waals surface area contributed by atoms with Gasteiger partial charge in [-0.15, -0.1) is 0 Å². The second-order valence-electron chi connectivity index (χ2n) is 5.85. The number of rotatable bonds is 6. The van der Waals surface area contributed by atoms with E-state index in [2.05, 4.69) is 10.6 Å². The highest BCUT2D eigenvalue weighted by atomic mass is 35.5. The lowest BCUT2D eigenvalue weighted by Crippen LogP contribution is -2.41. The number of para-hydroxylation sites is 1. The van der Waals surface area contributed by atoms with E-state index in [1.165, 1.54) is 6.42 Å². The standard InChI is InChI=1S/C16H23ClN2O2/c17-13-6-2-3-7-14(13)19-15(21)10-18-11-16(12-20)8-4-1-5-9-16/h2-3,6-7,18,20H,1,4-5,8-12H2,(H,19,21). The van der Waals surface area contributed by atoms with Crippen LogP contribution in [-0.2, 0) is 4.79 Å². The van der Waals surface area contributed by atoms with Gasteiger partial charge in [0, 0.05) is 18.6 Å². The number of amides is 1. The molecular weight excluding hydrogens is 288 g/mol. The first-order chi connectivity index (χ1) is 10.2. The van der Waals surface area contributed by atoms with Gasteiger partial charge in [0.1, 0.15) is 0 Å². The monoisotopic (exact) mass is 310 g/mol. The van der Waals surface area contributed by atoms with Gasteiger partial charge >= 0.3 is 0 Å². The van der Waals surface area contributed by atoms with Gasteiger partial charge in [0.25, 0.3) is 0 Å². The van der Waals surface area contributed by atoms with Gasteiger partial charge in [0.15, 0.2) is 0 Å². The minimum atomic E-state index is -0.119. The maximum Gasteiger partial charge on any atom is 0.238 e. The van der Waals surface area contributed by atoms with Crippen molar-refractivity contribution in [2.45, 2.75) is 32.1 Å². The number of hydrogen-bond donors (Lipinski definition) is 3. The summed E-state index contributed by atoms with van der Waals surface area (Å²) >= 11 is 6.00. The van der Waals surface area contributed by atoms with Crippen LogP contribution in [0.1, 0.15) is 32.1 Å². The van der Waals surface area contributed by atoms with Gasteiger partial charge in [-0.2, -0.15) is 0 Å². The molecule has 2 rings (SSSR count). The fourth-order valence-electron chi connectivity index (χ4n) is 2.89. The highest BCUT2D eigenvalue weighted by Gasteiger charge is 2.30. The van der Waals surface area contributed by atoms with Crippen molar-refractivity contribution in [3.63, 3.8) is 0 Å². The molecule has 0 radical (unpaired) electrons. The second-order valence-corrected chi connectivity index (χ2v) is 6.26. The van der Waals surface area contributed by atoms with Crippen molar-refractivity contribution in [2.75, 3.05) is 25.0 Å². The molecule has 0 bridgehead atoms. The topological polar surface area (TPSA) is 61.4 Å². The van der Waals surface area contributed by atoms with Crippen LogP contribution >= 0.6 is 11.6 Å². The highest BCUT2D eigenvalue weighted by molar-refractivity contribution is 6.33. The Balaban J connectivity index is 1.77. The van der Waals surface area contributed by atoms with Gasteiger partial charge < -0.3 is 15.7 Å². The summed E-state index contributed by atoms with van der Waals surface area (Å²) in [5.41, 5.74) is 0.573. The molecule has 1 amide bonds. The van der Waals surface area contributed by atoms with Gasteiger partial charge in [-0.1, -0.05) is 43.0 Å². The molecule has 3 N–H and O–H groups in total. The molecule has 1 aliphatic carbocycles. The van der Waals surface area contributed by atoms with Crippen molar-refractivity contribution >= 4 is 23.2 Å². The number of aliphatic hydroxyl groups excluding tert-OH is 1. The molecule has 116 valence electrons. The number of carbonyl (C=O) groups is 1. The lowest BCUT2D eigenvalue weighted by molar-refractivity contribution is -0.115. The molecule has 5 heteroatoms. The molecule has 1 aromatic rings. The third-order valence-corrected chi connectivity index (χ3v) is 4.51. The summed E-state index contributed by atoms with van der Waals surface area (Å²) in [5.74, 6) is -0.119. The van der Waals surface area contributed by atoms with E-state index in [9.17, 15) is 9.90 Å². The molecule has 1 saturated carbocycles. The highest BCUT2D eigenvalue weighted by Crippen LogP contribution is 2.35. The number of hydrogen-bond acceptors (Lipinski definition) is 3. The first kappa shape index (κ1) is 16.3. The van der Waals surface area contributed by atoms with E-state index in [0.717, 1.165) is 25.7 Å². The van der Waals surface area contributed by atoms with Crippen LogP contribution in [0.4, 0.5) is 5.69 Å². The van der Waals surface area contributed by atoms with Crippen molar-refractivity contribution in [3.05, 3.63) is 29.3 Å². The van der Waals surface area contributed by atoms with Gasteiger partial charge in [-0.05, 0) is 25.0 Å². The largest absolute Gasteiger partial charge is 0.396 e. The lowest BCUT2D eigenvalue weighted by Gasteiger charge is -2.35. The summed E-state index contributed by atoms with van der Waals surface area (Å²) < 4.78 is 0. The SMILES string of the molecule is O=C(CNCC1(CO)CCCCC1)Nc1ccccc1Cl. The van der Waals surface area contributed by atoms with E-state index < -0.39 is 0 Å². The second kappa shape index (κ2) is 7.78. The van der Waals surface area contributed by atoms with E-state index in [-0.39, 0.29) is 24.5 Å². The quantitative estimate of drug-likeness (QED) is 0.757. The number of benzene rings is 1. The molecule has 1 aliphatic rings. The molecule has 0 unspecified atom stereocenters. The summed E-state index contributed by atoms with van der Waals surface area (Å²) in [6.07, 6.45) is 5.63. The fraction of sp³-hybridized carbons (Fsp3) is 0.562. The van der Waals surface area contributed by atoms with Crippen LogP contribution in [0, 0.1) is 5.41 Å². The zero-order chi connectivity index (χ0) is 15.1. The number of nitrogens with one attached hydrogen (secondary N) is 2. The maximum atomic E-state index is 11.9. The Labute approximate surface area is 130 Å². The Morgan fingerprint density at radius 1 is 1.24 bits per heavy atom. The predicted octanol–water partition coefficient (Wildman–Crippen LogP) is 2.81. The van der Waals surface area contributed by atoms with Crippen LogP contribution in [0.15, 0.2) is 24.3 Å². The third kappa shape index (κ3) is 4.70. The molecule has 1 fully saturated rings. The normalized spacial score (nSPS) is 17.4. The van der Waals surface area contributed by atoms with Gasteiger partial charge in [0.05, 0.1) is 17.3 Å². The van der Waals surface area contributed by atoms with Gasteiger partial charge in [-0.25, -0.2) is 0 Å². The van der Waals surface area contributed by atoms with Crippen LogP contribution in [0.5, 0.6) is 0 Å². The zero-order valence-electron chi connectivity index (χ0n) is 12.2. The molecule has 21 heavy (non-hydrogen) atoms.